The van der Waals surface area contributed by atoms with Crippen LogP contribution in [0.15, 0.2) is 24.3 Å². The van der Waals surface area contributed by atoms with Crippen molar-refractivity contribution in [1.82, 2.24) is 0 Å². The first kappa shape index (κ1) is 14.4. The summed E-state index contributed by atoms with van der Waals surface area (Å²) < 4.78 is 5.65. The Kier molecular flexibility index (Phi) is 5.26. The summed E-state index contributed by atoms with van der Waals surface area (Å²) in [4.78, 5) is 0. The summed E-state index contributed by atoms with van der Waals surface area (Å²) in [7, 11) is 0. The maximum absolute atomic E-state index is 5.95. The molecule has 19 heavy (non-hydrogen) atoms. The molecule has 3 atom stereocenters. The Morgan fingerprint density at radius 1 is 1.21 bits per heavy atom. The summed E-state index contributed by atoms with van der Waals surface area (Å²) >= 11 is 0. The molecule has 0 radical (unpaired) electrons. The SMILES string of the molecule is CCCOc1ccc(C2CC(C)CCC2CN)cc1. The third kappa shape index (κ3) is 3.73. The van der Waals surface area contributed by atoms with Gasteiger partial charge in [-0.2, -0.15) is 0 Å². The average Bonchev–Trinajstić information content (AvgIpc) is 2.45. The molecule has 2 nitrogen and oxygen atoms in total. The summed E-state index contributed by atoms with van der Waals surface area (Å²) in [6.45, 7) is 6.10. The third-order valence-electron chi connectivity index (χ3n) is 4.34. The van der Waals surface area contributed by atoms with Crippen molar-refractivity contribution in [2.75, 3.05) is 13.2 Å². The van der Waals surface area contributed by atoms with E-state index in [2.05, 4.69) is 38.1 Å². The van der Waals surface area contributed by atoms with Crippen molar-refractivity contribution in [1.29, 1.82) is 0 Å². The molecule has 1 fully saturated rings. The van der Waals surface area contributed by atoms with Gasteiger partial charge in [0.15, 0.2) is 0 Å². The molecule has 0 bridgehead atoms. The van der Waals surface area contributed by atoms with Gasteiger partial charge in [0.1, 0.15) is 5.75 Å². The molecule has 2 rings (SSSR count). The fraction of sp³-hybridized carbons (Fsp3) is 0.647. The molecule has 0 saturated heterocycles. The van der Waals surface area contributed by atoms with E-state index in [9.17, 15) is 0 Å². The third-order valence-corrected chi connectivity index (χ3v) is 4.34. The monoisotopic (exact) mass is 261 g/mol. The van der Waals surface area contributed by atoms with Crippen molar-refractivity contribution in [3.8, 4) is 5.75 Å². The Bertz CT molecular complexity index is 373. The van der Waals surface area contributed by atoms with Gasteiger partial charge in [0.25, 0.3) is 0 Å². The van der Waals surface area contributed by atoms with E-state index in [1.54, 1.807) is 0 Å². The molecule has 0 aliphatic heterocycles. The molecule has 2 N–H and O–H groups in total. The maximum atomic E-state index is 5.95. The van der Waals surface area contributed by atoms with Crippen molar-refractivity contribution in [3.05, 3.63) is 29.8 Å². The Balaban J connectivity index is 2.06. The first-order chi connectivity index (χ1) is 9.24. The van der Waals surface area contributed by atoms with Gasteiger partial charge in [0, 0.05) is 0 Å². The van der Waals surface area contributed by atoms with E-state index in [1.165, 1.54) is 24.8 Å². The molecule has 106 valence electrons. The first-order valence-electron chi connectivity index (χ1n) is 7.67. The van der Waals surface area contributed by atoms with E-state index in [0.717, 1.165) is 31.2 Å². The molecule has 1 aliphatic rings. The lowest BCUT2D eigenvalue weighted by atomic mass is 9.71. The van der Waals surface area contributed by atoms with E-state index >= 15 is 0 Å². The minimum Gasteiger partial charge on any atom is -0.494 e. The number of hydrogen-bond acceptors (Lipinski definition) is 2. The predicted octanol–water partition coefficient (Wildman–Crippen LogP) is 3.95. The van der Waals surface area contributed by atoms with E-state index in [-0.39, 0.29) is 0 Å². The second-order valence-electron chi connectivity index (χ2n) is 5.94. The molecule has 0 aromatic heterocycles. The van der Waals surface area contributed by atoms with Crippen molar-refractivity contribution in [2.24, 2.45) is 17.6 Å². The molecular formula is C17H27NO. The number of hydrogen-bond donors (Lipinski definition) is 1. The van der Waals surface area contributed by atoms with Crippen LogP contribution >= 0.6 is 0 Å². The quantitative estimate of drug-likeness (QED) is 0.871. The van der Waals surface area contributed by atoms with E-state index < -0.39 is 0 Å². The Morgan fingerprint density at radius 3 is 2.58 bits per heavy atom. The van der Waals surface area contributed by atoms with Crippen LogP contribution in [-0.4, -0.2) is 13.2 Å². The van der Waals surface area contributed by atoms with Gasteiger partial charge in [-0.25, -0.2) is 0 Å². The number of ether oxygens (including phenoxy) is 1. The highest BCUT2D eigenvalue weighted by Crippen LogP contribution is 2.40. The number of rotatable bonds is 5. The summed E-state index contributed by atoms with van der Waals surface area (Å²) in [6, 6.07) is 8.68. The van der Waals surface area contributed by atoms with Gasteiger partial charge >= 0.3 is 0 Å². The lowest BCUT2D eigenvalue weighted by molar-refractivity contribution is 0.253. The van der Waals surface area contributed by atoms with Crippen molar-refractivity contribution in [2.45, 2.75) is 45.4 Å². The largest absolute Gasteiger partial charge is 0.494 e. The minimum atomic E-state index is 0.633. The van der Waals surface area contributed by atoms with Crippen LogP contribution in [0, 0.1) is 11.8 Å². The molecule has 1 aromatic carbocycles. The molecule has 0 amide bonds. The van der Waals surface area contributed by atoms with E-state index in [0.29, 0.717) is 11.8 Å². The highest BCUT2D eigenvalue weighted by atomic mass is 16.5. The van der Waals surface area contributed by atoms with Crippen LogP contribution in [0.1, 0.15) is 51.0 Å². The predicted molar refractivity (Wildman–Crippen MR) is 80.5 cm³/mol. The van der Waals surface area contributed by atoms with Crippen LogP contribution in [0.3, 0.4) is 0 Å². The van der Waals surface area contributed by atoms with Crippen LogP contribution < -0.4 is 10.5 Å². The van der Waals surface area contributed by atoms with Gasteiger partial charge in [-0.05, 0) is 61.3 Å². The van der Waals surface area contributed by atoms with Crippen LogP contribution in [0.2, 0.25) is 0 Å². The van der Waals surface area contributed by atoms with Gasteiger partial charge in [-0.15, -0.1) is 0 Å². The topological polar surface area (TPSA) is 35.2 Å². The van der Waals surface area contributed by atoms with Gasteiger partial charge in [-0.1, -0.05) is 32.4 Å². The number of benzene rings is 1. The Labute approximate surface area is 117 Å². The fourth-order valence-electron chi connectivity index (χ4n) is 3.17. The minimum absolute atomic E-state index is 0.633. The fourth-order valence-corrected chi connectivity index (χ4v) is 3.17. The molecule has 2 heteroatoms. The van der Waals surface area contributed by atoms with Crippen LogP contribution in [-0.2, 0) is 0 Å². The van der Waals surface area contributed by atoms with Gasteiger partial charge in [-0.3, -0.25) is 0 Å². The lowest BCUT2D eigenvalue weighted by Crippen LogP contribution is -2.28. The molecular weight excluding hydrogens is 234 g/mol. The summed E-state index contributed by atoms with van der Waals surface area (Å²) in [5, 5.41) is 0. The molecule has 1 aliphatic carbocycles. The van der Waals surface area contributed by atoms with Gasteiger partial charge < -0.3 is 10.5 Å². The van der Waals surface area contributed by atoms with E-state index in [1.807, 2.05) is 0 Å². The maximum Gasteiger partial charge on any atom is 0.119 e. The van der Waals surface area contributed by atoms with Gasteiger partial charge in [0.2, 0.25) is 0 Å². The summed E-state index contributed by atoms with van der Waals surface area (Å²) in [6.07, 6.45) is 4.93. The highest BCUT2D eigenvalue weighted by molar-refractivity contribution is 5.30. The Hall–Kier alpha value is -1.02. The van der Waals surface area contributed by atoms with Gasteiger partial charge in [0.05, 0.1) is 6.61 Å². The zero-order valence-corrected chi connectivity index (χ0v) is 12.3. The van der Waals surface area contributed by atoms with Crippen molar-refractivity contribution < 1.29 is 4.74 Å². The van der Waals surface area contributed by atoms with Crippen LogP contribution in [0.25, 0.3) is 0 Å². The van der Waals surface area contributed by atoms with E-state index in [4.69, 9.17) is 10.5 Å². The molecule has 0 heterocycles. The van der Waals surface area contributed by atoms with Crippen LogP contribution in [0.4, 0.5) is 0 Å². The smallest absolute Gasteiger partial charge is 0.119 e. The summed E-state index contributed by atoms with van der Waals surface area (Å²) in [5.74, 6) is 3.09. The Morgan fingerprint density at radius 2 is 1.95 bits per heavy atom. The second-order valence-corrected chi connectivity index (χ2v) is 5.94. The molecule has 0 spiro atoms. The zero-order valence-electron chi connectivity index (χ0n) is 12.3. The molecule has 1 saturated carbocycles. The second kappa shape index (κ2) is 6.95. The highest BCUT2D eigenvalue weighted by Gasteiger charge is 2.28. The standard InChI is InChI=1S/C17H27NO/c1-3-10-19-16-8-6-14(7-9-16)17-11-13(2)4-5-15(17)12-18/h6-9,13,15,17H,3-5,10-12,18H2,1-2H3. The van der Waals surface area contributed by atoms with Crippen molar-refractivity contribution in [3.63, 3.8) is 0 Å². The lowest BCUT2D eigenvalue weighted by Gasteiger charge is -2.34. The van der Waals surface area contributed by atoms with Crippen LogP contribution in [0.5, 0.6) is 5.75 Å². The molecule has 1 aromatic rings. The normalized spacial score (nSPS) is 27.2. The average molecular weight is 261 g/mol. The zero-order chi connectivity index (χ0) is 13.7. The molecule has 3 unspecified atom stereocenters. The summed E-state index contributed by atoms with van der Waals surface area (Å²) in [5.41, 5.74) is 7.38. The number of nitrogens with two attached hydrogens (primary N) is 1. The first-order valence-corrected chi connectivity index (χ1v) is 7.67. The van der Waals surface area contributed by atoms with Crippen molar-refractivity contribution >= 4 is 0 Å².